The smallest absolute Gasteiger partial charge is 0.317 e. The van der Waals surface area contributed by atoms with Crippen LogP contribution in [-0.4, -0.2) is 36.0 Å². The first-order valence-corrected chi connectivity index (χ1v) is 8.17. The Labute approximate surface area is 135 Å². The lowest BCUT2D eigenvalue weighted by Crippen LogP contribution is -2.38. The highest BCUT2D eigenvalue weighted by molar-refractivity contribution is 5.77. The summed E-state index contributed by atoms with van der Waals surface area (Å²) in [6, 6.07) is 6.34. The van der Waals surface area contributed by atoms with Crippen molar-refractivity contribution in [2.75, 3.05) is 13.1 Å². The van der Waals surface area contributed by atoms with Gasteiger partial charge in [-0.1, -0.05) is 12.1 Å². The Bertz CT molecular complexity index is 572. The molecule has 0 bridgehead atoms. The number of carbonyl (C=O) groups is 2. The molecule has 1 saturated heterocycles. The quantitative estimate of drug-likeness (QED) is 0.872. The second kappa shape index (κ2) is 6.98. The van der Waals surface area contributed by atoms with Crippen LogP contribution >= 0.6 is 0 Å². The third kappa shape index (κ3) is 4.68. The zero-order valence-electron chi connectivity index (χ0n) is 13.1. The summed E-state index contributed by atoms with van der Waals surface area (Å²) < 4.78 is 12.8. The van der Waals surface area contributed by atoms with Crippen molar-refractivity contribution in [2.24, 2.45) is 5.92 Å². The number of urea groups is 1. The number of benzene rings is 1. The number of hydrogen-bond donors (Lipinski definition) is 2. The minimum atomic E-state index is -0.285. The van der Waals surface area contributed by atoms with E-state index in [4.69, 9.17) is 0 Å². The van der Waals surface area contributed by atoms with Crippen LogP contribution in [0.5, 0.6) is 0 Å². The third-order valence-electron chi connectivity index (χ3n) is 4.35. The fraction of sp³-hybridized carbons (Fsp3) is 0.529. The number of rotatable bonds is 5. The van der Waals surface area contributed by atoms with Crippen molar-refractivity contribution >= 4 is 11.9 Å². The Morgan fingerprint density at radius 3 is 2.61 bits per heavy atom. The summed E-state index contributed by atoms with van der Waals surface area (Å²) in [5, 5.41) is 5.83. The molecule has 1 atom stereocenters. The van der Waals surface area contributed by atoms with E-state index in [2.05, 4.69) is 10.6 Å². The van der Waals surface area contributed by atoms with Crippen molar-refractivity contribution < 1.29 is 14.0 Å². The molecular weight excluding hydrogens is 297 g/mol. The van der Waals surface area contributed by atoms with Gasteiger partial charge in [-0.25, -0.2) is 9.18 Å². The van der Waals surface area contributed by atoms with Gasteiger partial charge in [0.1, 0.15) is 5.82 Å². The predicted octanol–water partition coefficient (Wildman–Crippen LogP) is 2.03. The molecule has 23 heavy (non-hydrogen) atoms. The minimum absolute atomic E-state index is 0.103. The first-order valence-electron chi connectivity index (χ1n) is 8.17. The lowest BCUT2D eigenvalue weighted by molar-refractivity contribution is -0.122. The summed E-state index contributed by atoms with van der Waals surface area (Å²) >= 11 is 0. The maximum atomic E-state index is 12.8. The standard InChI is InChI=1S/C17H22FN3O2/c18-14-3-1-12(2-4-14)10-19-17(23)21-8-7-13(11-21)9-16(22)20-15-5-6-15/h1-4,13,15H,5-11H2,(H,19,23)(H,20,22). The van der Waals surface area contributed by atoms with Gasteiger partial charge < -0.3 is 15.5 Å². The van der Waals surface area contributed by atoms with Crippen LogP contribution < -0.4 is 10.6 Å². The zero-order valence-corrected chi connectivity index (χ0v) is 13.1. The van der Waals surface area contributed by atoms with Crippen molar-refractivity contribution in [3.8, 4) is 0 Å². The van der Waals surface area contributed by atoms with E-state index < -0.39 is 0 Å². The average molecular weight is 319 g/mol. The van der Waals surface area contributed by atoms with Crippen molar-refractivity contribution in [3.05, 3.63) is 35.6 Å². The van der Waals surface area contributed by atoms with Crippen LogP contribution in [0.15, 0.2) is 24.3 Å². The van der Waals surface area contributed by atoms with Gasteiger partial charge in [-0.15, -0.1) is 0 Å². The van der Waals surface area contributed by atoms with E-state index in [1.54, 1.807) is 17.0 Å². The fourth-order valence-corrected chi connectivity index (χ4v) is 2.85. The molecule has 1 aliphatic carbocycles. The van der Waals surface area contributed by atoms with E-state index in [0.29, 0.717) is 32.1 Å². The van der Waals surface area contributed by atoms with Crippen molar-refractivity contribution in [1.82, 2.24) is 15.5 Å². The molecule has 1 unspecified atom stereocenters. The molecule has 2 aliphatic rings. The van der Waals surface area contributed by atoms with E-state index in [0.717, 1.165) is 24.8 Å². The van der Waals surface area contributed by atoms with Crippen molar-refractivity contribution in [2.45, 2.75) is 38.3 Å². The number of likely N-dealkylation sites (tertiary alicyclic amines) is 1. The Kier molecular flexibility index (Phi) is 4.79. The Morgan fingerprint density at radius 2 is 1.91 bits per heavy atom. The van der Waals surface area contributed by atoms with Crippen LogP contribution in [0.25, 0.3) is 0 Å². The number of nitrogens with zero attached hydrogens (tertiary/aromatic N) is 1. The second-order valence-electron chi connectivity index (χ2n) is 6.43. The van der Waals surface area contributed by atoms with Gasteiger partial charge in [-0.2, -0.15) is 0 Å². The zero-order chi connectivity index (χ0) is 16.2. The largest absolute Gasteiger partial charge is 0.353 e. The predicted molar refractivity (Wildman–Crippen MR) is 84.1 cm³/mol. The van der Waals surface area contributed by atoms with Gasteiger partial charge in [-0.05, 0) is 42.9 Å². The Morgan fingerprint density at radius 1 is 1.17 bits per heavy atom. The van der Waals surface area contributed by atoms with E-state index in [-0.39, 0.29) is 23.7 Å². The molecule has 0 aromatic heterocycles. The van der Waals surface area contributed by atoms with E-state index >= 15 is 0 Å². The van der Waals surface area contributed by atoms with Crippen LogP contribution in [-0.2, 0) is 11.3 Å². The van der Waals surface area contributed by atoms with Crippen LogP contribution in [0.4, 0.5) is 9.18 Å². The fourth-order valence-electron chi connectivity index (χ4n) is 2.85. The molecule has 6 heteroatoms. The third-order valence-corrected chi connectivity index (χ3v) is 4.35. The second-order valence-corrected chi connectivity index (χ2v) is 6.43. The lowest BCUT2D eigenvalue weighted by Gasteiger charge is -2.17. The topological polar surface area (TPSA) is 61.4 Å². The van der Waals surface area contributed by atoms with Crippen LogP contribution in [0.1, 0.15) is 31.2 Å². The van der Waals surface area contributed by atoms with Gasteiger partial charge in [0.25, 0.3) is 0 Å². The Hall–Kier alpha value is -2.11. The van der Waals surface area contributed by atoms with Crippen LogP contribution in [0, 0.1) is 11.7 Å². The molecule has 1 aromatic rings. The molecule has 1 aromatic carbocycles. The number of halogens is 1. The highest BCUT2D eigenvalue weighted by Gasteiger charge is 2.29. The molecule has 1 saturated carbocycles. The number of hydrogen-bond acceptors (Lipinski definition) is 2. The first-order chi connectivity index (χ1) is 11.1. The molecule has 3 rings (SSSR count). The Balaban J connectivity index is 1.39. The normalized spacial score (nSPS) is 20.4. The number of nitrogens with one attached hydrogen (secondary N) is 2. The monoisotopic (exact) mass is 319 g/mol. The molecule has 2 fully saturated rings. The molecule has 3 amide bonds. The highest BCUT2D eigenvalue weighted by atomic mass is 19.1. The molecule has 5 nitrogen and oxygen atoms in total. The van der Waals surface area contributed by atoms with Crippen LogP contribution in [0.2, 0.25) is 0 Å². The molecule has 0 spiro atoms. The molecule has 0 radical (unpaired) electrons. The van der Waals surface area contributed by atoms with Gasteiger partial charge in [0.2, 0.25) is 5.91 Å². The summed E-state index contributed by atoms with van der Waals surface area (Å²) in [7, 11) is 0. The number of amides is 3. The minimum Gasteiger partial charge on any atom is -0.353 e. The van der Waals surface area contributed by atoms with Gasteiger partial charge in [0.15, 0.2) is 0 Å². The van der Waals surface area contributed by atoms with Gasteiger partial charge in [-0.3, -0.25) is 4.79 Å². The molecular formula is C17H22FN3O2. The highest BCUT2D eigenvalue weighted by Crippen LogP contribution is 2.22. The van der Waals surface area contributed by atoms with Gasteiger partial charge in [0, 0.05) is 32.1 Å². The van der Waals surface area contributed by atoms with Crippen molar-refractivity contribution in [1.29, 1.82) is 0 Å². The van der Waals surface area contributed by atoms with E-state index in [1.807, 2.05) is 0 Å². The van der Waals surface area contributed by atoms with Crippen molar-refractivity contribution in [3.63, 3.8) is 0 Å². The summed E-state index contributed by atoms with van der Waals surface area (Å²) in [5.74, 6) is 0.0586. The maximum Gasteiger partial charge on any atom is 0.317 e. The average Bonchev–Trinajstić information content (AvgIpc) is 3.21. The van der Waals surface area contributed by atoms with Gasteiger partial charge in [0.05, 0.1) is 0 Å². The summed E-state index contributed by atoms with van der Waals surface area (Å²) in [4.78, 5) is 25.7. The van der Waals surface area contributed by atoms with E-state index in [9.17, 15) is 14.0 Å². The van der Waals surface area contributed by atoms with Crippen LogP contribution in [0.3, 0.4) is 0 Å². The first kappa shape index (κ1) is 15.8. The maximum absolute atomic E-state index is 12.8. The van der Waals surface area contributed by atoms with Gasteiger partial charge >= 0.3 is 6.03 Å². The van der Waals surface area contributed by atoms with E-state index in [1.165, 1.54) is 12.1 Å². The molecule has 1 heterocycles. The summed E-state index contributed by atoms with van der Waals surface area (Å²) in [6.45, 7) is 1.67. The molecule has 124 valence electrons. The summed E-state index contributed by atoms with van der Waals surface area (Å²) in [5.41, 5.74) is 0.860. The molecule has 1 aliphatic heterocycles. The SMILES string of the molecule is O=C(CC1CCN(C(=O)NCc2ccc(F)cc2)C1)NC1CC1. The lowest BCUT2D eigenvalue weighted by atomic mass is 10.0. The number of carbonyl (C=O) groups excluding carboxylic acids is 2. The molecule has 2 N–H and O–H groups in total. The summed E-state index contributed by atoms with van der Waals surface area (Å²) in [6.07, 6.45) is 3.54.